The van der Waals surface area contributed by atoms with Crippen LogP contribution >= 0.6 is 0 Å². The number of hydrogen-bond donors (Lipinski definition) is 4. The number of nitrogen functional groups attached to an aromatic ring is 1. The number of nitrogens with one attached hydrogen (secondary N) is 3. The molecule has 5 N–H and O–H groups in total. The van der Waals surface area contributed by atoms with Crippen molar-refractivity contribution in [2.24, 2.45) is 11.7 Å². The molecule has 32 heavy (non-hydrogen) atoms. The van der Waals surface area contributed by atoms with Crippen LogP contribution in [-0.4, -0.2) is 29.6 Å². The first-order valence-corrected chi connectivity index (χ1v) is 11.5. The van der Waals surface area contributed by atoms with Crippen LogP contribution in [0.1, 0.15) is 55.7 Å². The highest BCUT2D eigenvalue weighted by atomic mass is 16.2. The van der Waals surface area contributed by atoms with Crippen molar-refractivity contribution >= 4 is 17.5 Å². The number of aryl methyl sites for hydroxylation is 1. The summed E-state index contributed by atoms with van der Waals surface area (Å²) in [5, 5.41) is 13.9. The number of Topliss-reactive ketones (excluding diaryl/α,β-unsaturated/α-hetero) is 1. The van der Waals surface area contributed by atoms with Crippen LogP contribution in [0.5, 0.6) is 0 Å². The molecule has 1 aliphatic carbocycles. The first-order chi connectivity index (χ1) is 15.4. The Labute approximate surface area is 190 Å². The summed E-state index contributed by atoms with van der Waals surface area (Å²) in [6, 6.07) is 17.6. The fraction of sp³-hybridized carbons (Fsp3) is 0.423. The summed E-state index contributed by atoms with van der Waals surface area (Å²) in [4.78, 5) is 25.6. The summed E-state index contributed by atoms with van der Waals surface area (Å²) >= 11 is 0. The molecule has 1 fully saturated rings. The van der Waals surface area contributed by atoms with Gasteiger partial charge in [0.25, 0.3) is 0 Å². The van der Waals surface area contributed by atoms with Crippen molar-refractivity contribution in [3.05, 3.63) is 71.3 Å². The molecule has 0 aliphatic heterocycles. The Bertz CT molecular complexity index is 907. The molecule has 1 saturated carbocycles. The molecular weight excluding hydrogens is 400 g/mol. The Morgan fingerprint density at radius 1 is 1.06 bits per heavy atom. The zero-order valence-electron chi connectivity index (χ0n) is 18.8. The smallest absolute Gasteiger partial charge is 0.223 e. The van der Waals surface area contributed by atoms with E-state index in [4.69, 9.17) is 11.1 Å². The van der Waals surface area contributed by atoms with Crippen LogP contribution in [0.4, 0.5) is 0 Å². The maximum atomic E-state index is 13.1. The van der Waals surface area contributed by atoms with Gasteiger partial charge in [0, 0.05) is 30.5 Å². The Hall–Kier alpha value is -2.99. The number of hydrogen-bond acceptors (Lipinski definition) is 4. The van der Waals surface area contributed by atoms with E-state index < -0.39 is 0 Å². The predicted molar refractivity (Wildman–Crippen MR) is 127 cm³/mol. The van der Waals surface area contributed by atoms with Crippen LogP contribution < -0.4 is 16.4 Å². The largest absolute Gasteiger partial charge is 0.384 e. The van der Waals surface area contributed by atoms with Crippen molar-refractivity contribution in [3.63, 3.8) is 0 Å². The minimum absolute atomic E-state index is 0.0186. The summed E-state index contributed by atoms with van der Waals surface area (Å²) in [5.74, 6) is -0.382. The standard InChI is InChI=1S/C26H34N4O2/c1-18(26(32)29-17-20-10-13-21(14-11-20)25(27)28)16-24(31)23(30-22-8-5-9-22)15-12-19-6-3-2-4-7-19/h2-4,6-7,10-11,13-14,18,22-23,30H,5,8-9,12,15-17H2,1H3,(H3,27,28)(H,29,32)/t18-,23-/m1/s1. The second kappa shape index (κ2) is 11.6. The molecule has 0 heterocycles. The summed E-state index contributed by atoms with van der Waals surface area (Å²) < 4.78 is 0. The average Bonchev–Trinajstić information content (AvgIpc) is 2.77. The highest BCUT2D eigenvalue weighted by Gasteiger charge is 2.27. The van der Waals surface area contributed by atoms with E-state index in [9.17, 15) is 9.59 Å². The van der Waals surface area contributed by atoms with Crippen molar-refractivity contribution in [1.82, 2.24) is 10.6 Å². The van der Waals surface area contributed by atoms with Gasteiger partial charge in [-0.25, -0.2) is 0 Å². The molecule has 170 valence electrons. The second-order valence-electron chi connectivity index (χ2n) is 8.77. The van der Waals surface area contributed by atoms with Gasteiger partial charge in [-0.05, 0) is 36.8 Å². The number of benzene rings is 2. The number of ketones is 1. The van der Waals surface area contributed by atoms with E-state index in [1.165, 1.54) is 12.0 Å². The van der Waals surface area contributed by atoms with Crippen molar-refractivity contribution in [2.75, 3.05) is 0 Å². The van der Waals surface area contributed by atoms with E-state index in [0.29, 0.717) is 18.2 Å². The molecule has 2 atom stereocenters. The zero-order valence-corrected chi connectivity index (χ0v) is 18.8. The minimum Gasteiger partial charge on any atom is -0.384 e. The average molecular weight is 435 g/mol. The molecule has 2 aromatic rings. The summed E-state index contributed by atoms with van der Waals surface area (Å²) in [6.45, 7) is 2.19. The van der Waals surface area contributed by atoms with Gasteiger partial charge in [-0.2, -0.15) is 0 Å². The lowest BCUT2D eigenvalue weighted by Gasteiger charge is -2.31. The molecule has 2 aromatic carbocycles. The van der Waals surface area contributed by atoms with Crippen molar-refractivity contribution < 1.29 is 9.59 Å². The Morgan fingerprint density at radius 2 is 1.75 bits per heavy atom. The van der Waals surface area contributed by atoms with Gasteiger partial charge < -0.3 is 16.4 Å². The summed E-state index contributed by atoms with van der Waals surface area (Å²) in [7, 11) is 0. The van der Waals surface area contributed by atoms with Gasteiger partial charge in [-0.15, -0.1) is 0 Å². The molecule has 6 nitrogen and oxygen atoms in total. The van der Waals surface area contributed by atoms with Crippen LogP contribution in [0.25, 0.3) is 0 Å². The van der Waals surface area contributed by atoms with Crippen LogP contribution in [0.15, 0.2) is 54.6 Å². The summed E-state index contributed by atoms with van der Waals surface area (Å²) in [5.41, 5.74) is 8.27. The number of nitrogens with two attached hydrogens (primary N) is 1. The molecule has 0 aromatic heterocycles. The molecule has 0 radical (unpaired) electrons. The predicted octanol–water partition coefficient (Wildman–Crippen LogP) is 3.33. The number of rotatable bonds is 12. The highest BCUT2D eigenvalue weighted by molar-refractivity contribution is 5.94. The fourth-order valence-corrected chi connectivity index (χ4v) is 3.85. The van der Waals surface area contributed by atoms with Gasteiger partial charge in [-0.1, -0.05) is 67.9 Å². The van der Waals surface area contributed by atoms with Crippen LogP contribution in [0.3, 0.4) is 0 Å². The highest BCUT2D eigenvalue weighted by Crippen LogP contribution is 2.21. The van der Waals surface area contributed by atoms with Crippen LogP contribution in [0.2, 0.25) is 0 Å². The molecule has 6 heteroatoms. The molecule has 0 unspecified atom stereocenters. The molecule has 1 aliphatic rings. The number of carbonyl (C=O) groups excluding carboxylic acids is 2. The maximum absolute atomic E-state index is 13.1. The molecule has 0 bridgehead atoms. The first-order valence-electron chi connectivity index (χ1n) is 11.5. The van der Waals surface area contributed by atoms with E-state index in [1.807, 2.05) is 37.3 Å². The molecule has 1 amide bonds. The van der Waals surface area contributed by atoms with Gasteiger partial charge in [0.1, 0.15) is 5.84 Å². The van der Waals surface area contributed by atoms with Crippen molar-refractivity contribution in [3.8, 4) is 0 Å². The third-order valence-electron chi connectivity index (χ3n) is 6.18. The van der Waals surface area contributed by atoms with E-state index in [-0.39, 0.29) is 35.9 Å². The number of amidine groups is 1. The van der Waals surface area contributed by atoms with E-state index >= 15 is 0 Å². The Kier molecular flexibility index (Phi) is 8.56. The fourth-order valence-electron chi connectivity index (χ4n) is 3.85. The number of carbonyl (C=O) groups is 2. The van der Waals surface area contributed by atoms with Crippen LogP contribution in [-0.2, 0) is 22.6 Å². The molecular formula is C26H34N4O2. The Morgan fingerprint density at radius 3 is 2.34 bits per heavy atom. The normalized spacial score (nSPS) is 15.4. The Balaban J connectivity index is 1.50. The lowest BCUT2D eigenvalue weighted by molar-refractivity contribution is -0.130. The van der Waals surface area contributed by atoms with E-state index in [1.54, 1.807) is 12.1 Å². The monoisotopic (exact) mass is 434 g/mol. The summed E-state index contributed by atoms with van der Waals surface area (Å²) in [6.07, 6.45) is 5.27. The SMILES string of the molecule is C[C@H](CC(=O)[C@@H](CCc1ccccc1)NC1CCC1)C(=O)NCc1ccc(C(=N)N)cc1. The third-order valence-corrected chi connectivity index (χ3v) is 6.18. The maximum Gasteiger partial charge on any atom is 0.223 e. The lowest BCUT2D eigenvalue weighted by Crippen LogP contribution is -2.47. The first kappa shape index (κ1) is 23.7. The van der Waals surface area contributed by atoms with Gasteiger partial charge in [0.2, 0.25) is 5.91 Å². The van der Waals surface area contributed by atoms with Gasteiger partial charge >= 0.3 is 0 Å². The minimum atomic E-state index is -0.388. The number of amides is 1. The quantitative estimate of drug-likeness (QED) is 0.303. The van der Waals surface area contributed by atoms with Crippen molar-refractivity contribution in [1.29, 1.82) is 5.41 Å². The van der Waals surface area contributed by atoms with Gasteiger partial charge in [-0.3, -0.25) is 15.0 Å². The lowest BCUT2D eigenvalue weighted by atomic mass is 9.89. The topological polar surface area (TPSA) is 108 Å². The van der Waals surface area contributed by atoms with Crippen LogP contribution in [0, 0.1) is 11.3 Å². The zero-order chi connectivity index (χ0) is 22.9. The van der Waals surface area contributed by atoms with E-state index in [2.05, 4.69) is 22.8 Å². The van der Waals surface area contributed by atoms with Gasteiger partial charge in [0.15, 0.2) is 5.78 Å². The molecule has 0 saturated heterocycles. The molecule has 0 spiro atoms. The van der Waals surface area contributed by atoms with Crippen molar-refractivity contribution in [2.45, 2.75) is 64.1 Å². The third kappa shape index (κ3) is 7.02. The van der Waals surface area contributed by atoms with Gasteiger partial charge in [0.05, 0.1) is 6.04 Å². The second-order valence-corrected chi connectivity index (χ2v) is 8.77. The molecule has 3 rings (SSSR count). The van der Waals surface area contributed by atoms with E-state index in [0.717, 1.165) is 31.2 Å².